The SMILES string of the molecule is c1ccc(-c2ccc(-c3cc4ccccc4c4c3c3ccc(N(c5ccccc5)c5ccc6c7ccccc7c7ccccc7c6c5)cc3n4-c3ccccc3)cc2)cc1. The molecule has 1 heterocycles. The van der Waals surface area contributed by atoms with Crippen LogP contribution in [-0.2, 0) is 0 Å². The van der Waals surface area contributed by atoms with Gasteiger partial charge in [-0.05, 0) is 115 Å². The summed E-state index contributed by atoms with van der Waals surface area (Å²) in [5.41, 5.74) is 11.7. The van der Waals surface area contributed by atoms with Crippen LogP contribution in [0.25, 0.3) is 92.8 Å². The molecule has 0 saturated heterocycles. The van der Waals surface area contributed by atoms with E-state index in [0.717, 1.165) is 28.3 Å². The molecule has 60 heavy (non-hydrogen) atoms. The molecule has 0 aliphatic rings. The molecule has 0 unspecified atom stereocenters. The molecule has 12 aromatic rings. The molecule has 2 heteroatoms. The quantitative estimate of drug-likeness (QED) is 0.153. The summed E-state index contributed by atoms with van der Waals surface area (Å²) in [6.07, 6.45) is 0. The smallest absolute Gasteiger partial charge is 0.0625 e. The lowest BCUT2D eigenvalue weighted by Gasteiger charge is -2.26. The van der Waals surface area contributed by atoms with Crippen molar-refractivity contribution < 1.29 is 0 Å². The van der Waals surface area contributed by atoms with Crippen LogP contribution in [0, 0.1) is 0 Å². The molecular formula is C58H38N2. The van der Waals surface area contributed by atoms with E-state index in [2.05, 4.69) is 240 Å². The largest absolute Gasteiger partial charge is 0.310 e. The molecule has 280 valence electrons. The Morgan fingerprint density at radius 3 is 1.45 bits per heavy atom. The van der Waals surface area contributed by atoms with Crippen molar-refractivity contribution >= 4 is 82.0 Å². The summed E-state index contributed by atoms with van der Waals surface area (Å²) >= 11 is 0. The van der Waals surface area contributed by atoms with Crippen molar-refractivity contribution in [3.05, 3.63) is 231 Å². The number of rotatable bonds is 6. The highest BCUT2D eigenvalue weighted by molar-refractivity contribution is 6.26. The molecule has 0 aliphatic carbocycles. The van der Waals surface area contributed by atoms with Gasteiger partial charge in [-0.25, -0.2) is 0 Å². The van der Waals surface area contributed by atoms with Gasteiger partial charge in [-0.1, -0.05) is 176 Å². The van der Waals surface area contributed by atoms with E-state index in [9.17, 15) is 0 Å². The Labute approximate surface area is 348 Å². The van der Waals surface area contributed by atoms with E-state index in [-0.39, 0.29) is 0 Å². The van der Waals surface area contributed by atoms with Gasteiger partial charge in [-0.2, -0.15) is 0 Å². The van der Waals surface area contributed by atoms with E-state index in [1.807, 2.05) is 0 Å². The van der Waals surface area contributed by atoms with Crippen molar-refractivity contribution in [1.82, 2.24) is 4.57 Å². The Balaban J connectivity index is 1.13. The Morgan fingerprint density at radius 2 is 0.783 bits per heavy atom. The molecule has 0 spiro atoms. The summed E-state index contributed by atoms with van der Waals surface area (Å²) in [5, 5.41) is 12.5. The maximum atomic E-state index is 2.49. The highest BCUT2D eigenvalue weighted by Crippen LogP contribution is 2.46. The fraction of sp³-hybridized carbons (Fsp3) is 0. The van der Waals surface area contributed by atoms with Crippen LogP contribution < -0.4 is 4.90 Å². The average Bonchev–Trinajstić information content (AvgIpc) is 3.67. The third-order valence-corrected chi connectivity index (χ3v) is 12.3. The monoisotopic (exact) mass is 762 g/mol. The summed E-state index contributed by atoms with van der Waals surface area (Å²) in [4.78, 5) is 2.41. The maximum absolute atomic E-state index is 2.49. The number of hydrogen-bond acceptors (Lipinski definition) is 1. The summed E-state index contributed by atoms with van der Waals surface area (Å²) in [6.45, 7) is 0. The fourth-order valence-electron chi connectivity index (χ4n) is 9.61. The van der Waals surface area contributed by atoms with Crippen LogP contribution in [0.5, 0.6) is 0 Å². The summed E-state index contributed by atoms with van der Waals surface area (Å²) < 4.78 is 2.49. The van der Waals surface area contributed by atoms with Crippen molar-refractivity contribution in [2.45, 2.75) is 0 Å². The van der Waals surface area contributed by atoms with Crippen molar-refractivity contribution in [1.29, 1.82) is 0 Å². The Bertz CT molecular complexity index is 3530. The first-order chi connectivity index (χ1) is 29.8. The van der Waals surface area contributed by atoms with Gasteiger partial charge in [0.15, 0.2) is 0 Å². The van der Waals surface area contributed by atoms with Crippen molar-refractivity contribution in [2.24, 2.45) is 0 Å². The van der Waals surface area contributed by atoms with Gasteiger partial charge in [0, 0.05) is 38.9 Å². The number of anilines is 3. The van der Waals surface area contributed by atoms with Gasteiger partial charge >= 0.3 is 0 Å². The van der Waals surface area contributed by atoms with Gasteiger partial charge in [-0.3, -0.25) is 0 Å². The van der Waals surface area contributed by atoms with Crippen LogP contribution >= 0.6 is 0 Å². The van der Waals surface area contributed by atoms with Crippen LogP contribution in [0.3, 0.4) is 0 Å². The van der Waals surface area contributed by atoms with Gasteiger partial charge in [0.05, 0.1) is 11.0 Å². The Hall–Kier alpha value is -7.94. The Morgan fingerprint density at radius 1 is 0.300 bits per heavy atom. The van der Waals surface area contributed by atoms with Crippen molar-refractivity contribution in [2.75, 3.05) is 4.90 Å². The van der Waals surface area contributed by atoms with Gasteiger partial charge < -0.3 is 9.47 Å². The molecule has 0 amide bonds. The second-order valence-corrected chi connectivity index (χ2v) is 15.7. The molecule has 1 aromatic heterocycles. The minimum Gasteiger partial charge on any atom is -0.310 e. The zero-order valence-electron chi connectivity index (χ0n) is 32.8. The maximum Gasteiger partial charge on any atom is 0.0625 e. The number of benzene rings is 11. The number of aromatic nitrogens is 1. The molecule has 2 nitrogen and oxygen atoms in total. The van der Waals surface area contributed by atoms with Crippen molar-refractivity contribution in [3.8, 4) is 27.9 Å². The highest BCUT2D eigenvalue weighted by Gasteiger charge is 2.22. The standard InChI is InChI=1S/C58H38N2/c1-4-16-39(17-5-1)40-28-30-41(31-29-40)54-36-42-18-10-11-23-47(42)58-57(54)53-35-33-46(38-56(53)60(58)44-21-8-3-9-22-44)59(43-19-6-2-7-20-43)45-32-34-52-50-26-13-12-24-48(50)49-25-14-15-27-51(49)55(52)37-45/h1-38H. The van der Waals surface area contributed by atoms with E-state index < -0.39 is 0 Å². The molecule has 0 radical (unpaired) electrons. The molecule has 12 rings (SSSR count). The van der Waals surface area contributed by atoms with Crippen LogP contribution in [0.4, 0.5) is 17.1 Å². The van der Waals surface area contributed by atoms with Gasteiger partial charge in [0.2, 0.25) is 0 Å². The Kier molecular flexibility index (Phi) is 7.89. The van der Waals surface area contributed by atoms with E-state index in [1.54, 1.807) is 0 Å². The third kappa shape index (κ3) is 5.42. The van der Waals surface area contributed by atoms with Gasteiger partial charge in [0.1, 0.15) is 0 Å². The van der Waals surface area contributed by atoms with Crippen LogP contribution in [0.1, 0.15) is 0 Å². The molecule has 0 atom stereocenters. The predicted octanol–water partition coefficient (Wildman–Crippen LogP) is 16.2. The van der Waals surface area contributed by atoms with Crippen molar-refractivity contribution in [3.63, 3.8) is 0 Å². The summed E-state index contributed by atoms with van der Waals surface area (Å²) in [6, 6.07) is 84.3. The number of para-hydroxylation sites is 2. The first-order valence-corrected chi connectivity index (χ1v) is 20.7. The lowest BCUT2D eigenvalue weighted by atomic mass is 9.93. The summed E-state index contributed by atoms with van der Waals surface area (Å²) in [7, 11) is 0. The molecule has 0 saturated carbocycles. The summed E-state index contributed by atoms with van der Waals surface area (Å²) in [5.74, 6) is 0. The number of hydrogen-bond donors (Lipinski definition) is 0. The van der Waals surface area contributed by atoms with E-state index in [1.165, 1.54) is 81.6 Å². The van der Waals surface area contributed by atoms with Crippen LogP contribution in [0.15, 0.2) is 231 Å². The lowest BCUT2D eigenvalue weighted by Crippen LogP contribution is -2.10. The predicted molar refractivity (Wildman–Crippen MR) is 256 cm³/mol. The normalized spacial score (nSPS) is 11.7. The van der Waals surface area contributed by atoms with Crippen LogP contribution in [-0.4, -0.2) is 4.57 Å². The van der Waals surface area contributed by atoms with Gasteiger partial charge in [0.25, 0.3) is 0 Å². The number of nitrogens with zero attached hydrogens (tertiary/aromatic N) is 2. The highest BCUT2D eigenvalue weighted by atomic mass is 15.1. The molecule has 0 bridgehead atoms. The zero-order chi connectivity index (χ0) is 39.6. The minimum atomic E-state index is 1.09. The number of fused-ring (bicyclic) bond motifs is 11. The first-order valence-electron chi connectivity index (χ1n) is 20.7. The van der Waals surface area contributed by atoms with E-state index in [0.29, 0.717) is 0 Å². The van der Waals surface area contributed by atoms with E-state index in [4.69, 9.17) is 0 Å². The molecule has 11 aromatic carbocycles. The third-order valence-electron chi connectivity index (χ3n) is 12.3. The lowest BCUT2D eigenvalue weighted by molar-refractivity contribution is 1.18. The molecule has 0 aliphatic heterocycles. The molecule has 0 fully saturated rings. The van der Waals surface area contributed by atoms with E-state index >= 15 is 0 Å². The van der Waals surface area contributed by atoms with Gasteiger partial charge in [-0.15, -0.1) is 0 Å². The zero-order valence-corrected chi connectivity index (χ0v) is 32.8. The topological polar surface area (TPSA) is 8.17 Å². The fourth-order valence-corrected chi connectivity index (χ4v) is 9.61. The second-order valence-electron chi connectivity index (χ2n) is 15.7. The minimum absolute atomic E-state index is 1.09. The average molecular weight is 763 g/mol. The first kappa shape index (κ1) is 34.1. The second kappa shape index (κ2) is 13.9. The van der Waals surface area contributed by atoms with Crippen LogP contribution in [0.2, 0.25) is 0 Å². The molecule has 0 N–H and O–H groups in total. The molecular weight excluding hydrogens is 725 g/mol.